The summed E-state index contributed by atoms with van der Waals surface area (Å²) < 4.78 is 4.77. The molecule has 0 bridgehead atoms. The van der Waals surface area contributed by atoms with Crippen molar-refractivity contribution in [3.63, 3.8) is 0 Å². The summed E-state index contributed by atoms with van der Waals surface area (Å²) >= 11 is 0. The molecular formula is C14H16O3. The Labute approximate surface area is 101 Å². The van der Waals surface area contributed by atoms with Gasteiger partial charge in [0.1, 0.15) is 5.75 Å². The van der Waals surface area contributed by atoms with Crippen molar-refractivity contribution < 1.29 is 14.6 Å². The summed E-state index contributed by atoms with van der Waals surface area (Å²) in [6.07, 6.45) is 5.33. The number of carbonyl (C=O) groups excluding carboxylic acids is 1. The zero-order valence-electron chi connectivity index (χ0n) is 9.85. The highest BCUT2D eigenvalue weighted by atomic mass is 16.5. The van der Waals surface area contributed by atoms with E-state index in [1.54, 1.807) is 31.2 Å². The molecule has 90 valence electrons. The second-order valence-corrected chi connectivity index (χ2v) is 3.47. The number of benzene rings is 1. The highest BCUT2D eigenvalue weighted by Gasteiger charge is 2.00. The summed E-state index contributed by atoms with van der Waals surface area (Å²) in [6.45, 7) is 5.74. The van der Waals surface area contributed by atoms with Gasteiger partial charge in [-0.2, -0.15) is 0 Å². The SMILES string of the molecule is C=CCc1cc(/C=C/C(=O)OCC)ccc1O. The third-order valence-electron chi connectivity index (χ3n) is 2.17. The Morgan fingerprint density at radius 2 is 2.29 bits per heavy atom. The third-order valence-corrected chi connectivity index (χ3v) is 2.17. The van der Waals surface area contributed by atoms with E-state index in [1.165, 1.54) is 6.08 Å². The number of phenols is 1. The minimum Gasteiger partial charge on any atom is -0.508 e. The number of allylic oxidation sites excluding steroid dienone is 1. The zero-order chi connectivity index (χ0) is 12.7. The van der Waals surface area contributed by atoms with Crippen LogP contribution in [0.1, 0.15) is 18.1 Å². The number of hydrogen-bond acceptors (Lipinski definition) is 3. The Balaban J connectivity index is 2.81. The van der Waals surface area contributed by atoms with E-state index in [1.807, 2.05) is 6.07 Å². The molecule has 0 saturated carbocycles. The molecule has 1 aromatic carbocycles. The number of phenolic OH excluding ortho intramolecular Hbond substituents is 1. The molecule has 3 nitrogen and oxygen atoms in total. The minimum absolute atomic E-state index is 0.234. The van der Waals surface area contributed by atoms with Crippen LogP contribution < -0.4 is 0 Å². The van der Waals surface area contributed by atoms with Crippen LogP contribution in [0.2, 0.25) is 0 Å². The van der Waals surface area contributed by atoms with E-state index in [4.69, 9.17) is 4.74 Å². The topological polar surface area (TPSA) is 46.5 Å². The number of hydrogen-bond donors (Lipinski definition) is 1. The molecule has 17 heavy (non-hydrogen) atoms. The first-order chi connectivity index (χ1) is 8.17. The number of esters is 1. The van der Waals surface area contributed by atoms with Gasteiger partial charge in [-0.25, -0.2) is 4.79 Å². The molecule has 3 heteroatoms. The van der Waals surface area contributed by atoms with Gasteiger partial charge in [-0.3, -0.25) is 0 Å². The molecule has 0 aliphatic carbocycles. The lowest BCUT2D eigenvalue weighted by molar-refractivity contribution is -0.137. The third kappa shape index (κ3) is 4.15. The van der Waals surface area contributed by atoms with Crippen molar-refractivity contribution in [3.8, 4) is 5.75 Å². The predicted molar refractivity (Wildman–Crippen MR) is 67.7 cm³/mol. The molecule has 0 aliphatic rings. The van der Waals surface area contributed by atoms with Crippen LogP contribution in [0, 0.1) is 0 Å². The van der Waals surface area contributed by atoms with Gasteiger partial charge in [-0.15, -0.1) is 6.58 Å². The Hall–Kier alpha value is -2.03. The molecule has 1 rings (SSSR count). The molecule has 0 amide bonds. The largest absolute Gasteiger partial charge is 0.508 e. The van der Waals surface area contributed by atoms with Crippen molar-refractivity contribution >= 4 is 12.0 Å². The first-order valence-electron chi connectivity index (χ1n) is 5.45. The second-order valence-electron chi connectivity index (χ2n) is 3.47. The Morgan fingerprint density at radius 3 is 2.94 bits per heavy atom. The van der Waals surface area contributed by atoms with Crippen LogP contribution in [0.15, 0.2) is 36.9 Å². The summed E-state index contributed by atoms with van der Waals surface area (Å²) in [5.41, 5.74) is 1.62. The summed E-state index contributed by atoms with van der Waals surface area (Å²) in [6, 6.07) is 5.15. The average molecular weight is 232 g/mol. The van der Waals surface area contributed by atoms with E-state index in [9.17, 15) is 9.90 Å². The number of carbonyl (C=O) groups is 1. The van der Waals surface area contributed by atoms with Crippen LogP contribution in [-0.2, 0) is 16.0 Å². The van der Waals surface area contributed by atoms with Gasteiger partial charge in [0.2, 0.25) is 0 Å². The van der Waals surface area contributed by atoms with Crippen LogP contribution in [0.5, 0.6) is 5.75 Å². The van der Waals surface area contributed by atoms with Crippen molar-refractivity contribution in [1.29, 1.82) is 0 Å². The normalized spacial score (nSPS) is 10.4. The van der Waals surface area contributed by atoms with Crippen molar-refractivity contribution in [1.82, 2.24) is 0 Å². The first-order valence-corrected chi connectivity index (χ1v) is 5.45. The molecule has 1 aromatic rings. The van der Waals surface area contributed by atoms with Gasteiger partial charge in [0.05, 0.1) is 6.61 Å². The van der Waals surface area contributed by atoms with Gasteiger partial charge >= 0.3 is 5.97 Å². The fraction of sp³-hybridized carbons (Fsp3) is 0.214. The van der Waals surface area contributed by atoms with Gasteiger partial charge in [-0.05, 0) is 42.7 Å². The molecule has 0 heterocycles. The molecule has 0 aromatic heterocycles. The van der Waals surface area contributed by atoms with Crippen molar-refractivity contribution in [3.05, 3.63) is 48.1 Å². The van der Waals surface area contributed by atoms with Gasteiger partial charge in [0, 0.05) is 6.08 Å². The van der Waals surface area contributed by atoms with Gasteiger partial charge in [0.25, 0.3) is 0 Å². The first kappa shape index (κ1) is 13.0. The Morgan fingerprint density at radius 1 is 1.53 bits per heavy atom. The van der Waals surface area contributed by atoms with E-state index in [0.717, 1.165) is 11.1 Å². The van der Waals surface area contributed by atoms with Crippen LogP contribution >= 0.6 is 0 Å². The highest BCUT2D eigenvalue weighted by Crippen LogP contribution is 2.20. The van der Waals surface area contributed by atoms with Crippen LogP contribution in [0.4, 0.5) is 0 Å². The number of ether oxygens (including phenoxy) is 1. The van der Waals surface area contributed by atoms with Gasteiger partial charge in [-0.1, -0.05) is 12.1 Å². The van der Waals surface area contributed by atoms with Crippen LogP contribution in [0.3, 0.4) is 0 Å². The maximum atomic E-state index is 11.1. The second kappa shape index (κ2) is 6.53. The maximum absolute atomic E-state index is 11.1. The quantitative estimate of drug-likeness (QED) is 0.482. The summed E-state index contributed by atoms with van der Waals surface area (Å²) in [5.74, 6) is -0.135. The van der Waals surface area contributed by atoms with Crippen LogP contribution in [-0.4, -0.2) is 17.7 Å². The van der Waals surface area contributed by atoms with E-state index in [2.05, 4.69) is 6.58 Å². The fourth-order valence-corrected chi connectivity index (χ4v) is 1.38. The van der Waals surface area contributed by atoms with E-state index in [-0.39, 0.29) is 11.7 Å². The standard InChI is InChI=1S/C14H16O3/c1-3-5-12-10-11(6-8-13(12)15)7-9-14(16)17-4-2/h3,6-10,15H,1,4-5H2,2H3/b9-7+. The minimum atomic E-state index is -0.370. The van der Waals surface area contributed by atoms with Crippen molar-refractivity contribution in [2.75, 3.05) is 6.61 Å². The van der Waals surface area contributed by atoms with Crippen molar-refractivity contribution in [2.45, 2.75) is 13.3 Å². The molecule has 0 atom stereocenters. The Bertz CT molecular complexity index is 433. The summed E-state index contributed by atoms with van der Waals surface area (Å²) in [4.78, 5) is 11.1. The molecule has 0 aliphatic heterocycles. The zero-order valence-corrected chi connectivity index (χ0v) is 9.85. The monoisotopic (exact) mass is 232 g/mol. The lowest BCUT2D eigenvalue weighted by Crippen LogP contribution is -1.98. The van der Waals surface area contributed by atoms with Crippen LogP contribution in [0.25, 0.3) is 6.08 Å². The predicted octanol–water partition coefficient (Wildman–Crippen LogP) is 2.70. The van der Waals surface area contributed by atoms with Crippen molar-refractivity contribution in [2.24, 2.45) is 0 Å². The van der Waals surface area contributed by atoms with E-state index in [0.29, 0.717) is 13.0 Å². The van der Waals surface area contributed by atoms with Gasteiger partial charge in [0.15, 0.2) is 0 Å². The Kier molecular flexibility index (Phi) is 5.01. The maximum Gasteiger partial charge on any atom is 0.330 e. The average Bonchev–Trinajstić information content (AvgIpc) is 2.31. The number of rotatable bonds is 5. The molecule has 0 unspecified atom stereocenters. The molecule has 0 fully saturated rings. The molecule has 0 spiro atoms. The summed E-state index contributed by atoms with van der Waals surface area (Å²) in [5, 5.41) is 9.56. The molecule has 0 saturated heterocycles. The molecule has 0 radical (unpaired) electrons. The van der Waals surface area contributed by atoms with E-state index >= 15 is 0 Å². The summed E-state index contributed by atoms with van der Waals surface area (Å²) in [7, 11) is 0. The fourth-order valence-electron chi connectivity index (χ4n) is 1.38. The smallest absolute Gasteiger partial charge is 0.330 e. The van der Waals surface area contributed by atoms with E-state index < -0.39 is 0 Å². The molecule has 1 N–H and O–H groups in total. The lowest BCUT2D eigenvalue weighted by atomic mass is 10.1. The van der Waals surface area contributed by atoms with Gasteiger partial charge < -0.3 is 9.84 Å². The lowest BCUT2D eigenvalue weighted by Gasteiger charge is -2.02. The highest BCUT2D eigenvalue weighted by molar-refractivity contribution is 5.87. The number of aromatic hydroxyl groups is 1. The molecular weight excluding hydrogens is 216 g/mol.